The summed E-state index contributed by atoms with van der Waals surface area (Å²) in [7, 11) is 0. The Bertz CT molecular complexity index is 450. The number of thiophene rings is 1. The first-order valence-corrected chi connectivity index (χ1v) is 6.22. The van der Waals surface area contributed by atoms with Crippen LogP contribution in [0, 0.1) is 0 Å². The molecule has 0 N–H and O–H groups in total. The lowest BCUT2D eigenvalue weighted by Gasteiger charge is -2.02. The quantitative estimate of drug-likeness (QED) is 0.645. The molecule has 1 aromatic heterocycles. The van der Waals surface area contributed by atoms with Crippen LogP contribution < -0.4 is 0 Å². The first-order valence-electron chi connectivity index (χ1n) is 3.64. The van der Waals surface area contributed by atoms with Gasteiger partial charge in [0.2, 0.25) is 0 Å². The molecule has 0 saturated carbocycles. The van der Waals surface area contributed by atoms with Gasteiger partial charge in [0.15, 0.2) is 0 Å². The fraction of sp³-hybridized carbons (Fsp3) is 0.111. The number of fused-ring (bicyclic) bond motifs is 1. The first-order chi connectivity index (χ1) is 6.24. The van der Waals surface area contributed by atoms with Crippen molar-refractivity contribution in [3.8, 4) is 0 Å². The summed E-state index contributed by atoms with van der Waals surface area (Å²) in [6.45, 7) is 0. The van der Waals surface area contributed by atoms with Crippen molar-refractivity contribution in [1.82, 2.24) is 0 Å². The summed E-state index contributed by atoms with van der Waals surface area (Å²) in [5.74, 6) is 0.517. The van der Waals surface area contributed by atoms with Crippen molar-refractivity contribution in [1.29, 1.82) is 0 Å². The van der Waals surface area contributed by atoms with Crippen molar-refractivity contribution in [2.24, 2.45) is 0 Å². The maximum atomic E-state index is 6.12. The number of hydrogen-bond acceptors (Lipinski definition) is 1. The highest BCUT2D eigenvalue weighted by atomic mass is 79.9. The zero-order valence-corrected chi connectivity index (χ0v) is 10.4. The van der Waals surface area contributed by atoms with E-state index < -0.39 is 0 Å². The van der Waals surface area contributed by atoms with Crippen LogP contribution in [-0.4, -0.2) is 0 Å². The monoisotopic (exact) mass is 294 g/mol. The second-order valence-electron chi connectivity index (χ2n) is 2.63. The molecular formula is C9H5BrCl2S. The molecule has 13 heavy (non-hydrogen) atoms. The van der Waals surface area contributed by atoms with Gasteiger partial charge >= 0.3 is 0 Å². The standard InChI is InChI=1S/C9H5BrCl2S/c10-7-3-5(4-11)6-1-2-13-9(6)8(7)12/h1-3H,4H2. The number of benzene rings is 1. The van der Waals surface area contributed by atoms with Crippen LogP contribution in [0.25, 0.3) is 10.1 Å². The largest absolute Gasteiger partial charge is 0.142 e. The molecular weight excluding hydrogens is 291 g/mol. The smallest absolute Gasteiger partial charge is 0.0726 e. The van der Waals surface area contributed by atoms with E-state index in [1.165, 1.54) is 0 Å². The summed E-state index contributed by atoms with van der Waals surface area (Å²) >= 11 is 17.0. The van der Waals surface area contributed by atoms with Crippen LogP contribution in [0.4, 0.5) is 0 Å². The predicted octanol–water partition coefficient (Wildman–Crippen LogP) is 5.06. The zero-order chi connectivity index (χ0) is 9.42. The van der Waals surface area contributed by atoms with Gasteiger partial charge in [-0.3, -0.25) is 0 Å². The molecule has 2 aromatic rings. The van der Waals surface area contributed by atoms with Crippen LogP contribution in [0.2, 0.25) is 5.02 Å². The van der Waals surface area contributed by atoms with E-state index >= 15 is 0 Å². The van der Waals surface area contributed by atoms with Crippen molar-refractivity contribution in [2.45, 2.75) is 5.88 Å². The third-order valence-electron chi connectivity index (χ3n) is 1.87. The van der Waals surface area contributed by atoms with E-state index in [0.717, 1.165) is 25.1 Å². The predicted molar refractivity (Wildman–Crippen MR) is 64.1 cm³/mol. The zero-order valence-electron chi connectivity index (χ0n) is 6.48. The van der Waals surface area contributed by atoms with E-state index in [2.05, 4.69) is 22.0 Å². The molecule has 2 rings (SSSR count). The van der Waals surface area contributed by atoms with Gasteiger partial charge in [0.25, 0.3) is 0 Å². The van der Waals surface area contributed by atoms with Crippen molar-refractivity contribution < 1.29 is 0 Å². The normalized spacial score (nSPS) is 11.0. The Morgan fingerprint density at radius 1 is 1.46 bits per heavy atom. The van der Waals surface area contributed by atoms with Crippen LogP contribution in [-0.2, 0) is 5.88 Å². The molecule has 1 heterocycles. The average Bonchev–Trinajstić information content (AvgIpc) is 2.60. The fourth-order valence-electron chi connectivity index (χ4n) is 1.25. The second kappa shape index (κ2) is 3.77. The van der Waals surface area contributed by atoms with Crippen LogP contribution >= 0.6 is 50.5 Å². The third kappa shape index (κ3) is 1.61. The minimum absolute atomic E-state index is 0.517. The Labute approximate surface area is 98.6 Å². The van der Waals surface area contributed by atoms with E-state index in [-0.39, 0.29) is 0 Å². The molecule has 68 valence electrons. The summed E-state index contributed by atoms with van der Waals surface area (Å²) in [6.07, 6.45) is 0. The summed E-state index contributed by atoms with van der Waals surface area (Å²) < 4.78 is 2.02. The third-order valence-corrected chi connectivity index (χ3v) is 4.44. The number of rotatable bonds is 1. The van der Waals surface area contributed by atoms with Crippen LogP contribution in [0.3, 0.4) is 0 Å². The molecule has 0 radical (unpaired) electrons. The molecule has 0 nitrogen and oxygen atoms in total. The molecule has 0 aliphatic rings. The molecule has 0 amide bonds. The highest BCUT2D eigenvalue weighted by molar-refractivity contribution is 9.10. The Kier molecular flexibility index (Phi) is 2.84. The maximum absolute atomic E-state index is 6.12. The minimum atomic E-state index is 0.517. The Morgan fingerprint density at radius 3 is 2.92 bits per heavy atom. The molecule has 0 fully saturated rings. The highest BCUT2D eigenvalue weighted by Gasteiger charge is 2.09. The summed E-state index contributed by atoms with van der Waals surface area (Å²) in [5, 5.41) is 3.96. The Morgan fingerprint density at radius 2 is 2.23 bits per heavy atom. The van der Waals surface area contributed by atoms with E-state index in [1.54, 1.807) is 11.3 Å². The molecule has 0 atom stereocenters. The van der Waals surface area contributed by atoms with Crippen molar-refractivity contribution in [2.75, 3.05) is 0 Å². The lowest BCUT2D eigenvalue weighted by Crippen LogP contribution is -1.80. The molecule has 0 spiro atoms. The minimum Gasteiger partial charge on any atom is -0.142 e. The summed E-state index contributed by atoms with van der Waals surface area (Å²) in [5.41, 5.74) is 1.12. The van der Waals surface area contributed by atoms with E-state index in [4.69, 9.17) is 23.2 Å². The van der Waals surface area contributed by atoms with Crippen molar-refractivity contribution in [3.05, 3.63) is 32.6 Å². The SMILES string of the molecule is ClCc1cc(Br)c(Cl)c2sccc12. The molecule has 0 saturated heterocycles. The van der Waals surface area contributed by atoms with Crippen molar-refractivity contribution in [3.63, 3.8) is 0 Å². The molecule has 0 aliphatic carbocycles. The van der Waals surface area contributed by atoms with E-state index in [0.29, 0.717) is 5.88 Å². The Hall–Kier alpha value is 0.240. The lowest BCUT2D eigenvalue weighted by molar-refractivity contribution is 1.45. The molecule has 0 aliphatic heterocycles. The van der Waals surface area contributed by atoms with Crippen molar-refractivity contribution >= 4 is 60.6 Å². The number of hydrogen-bond donors (Lipinski definition) is 0. The molecule has 1 aromatic carbocycles. The Balaban J connectivity index is 2.87. The van der Waals surface area contributed by atoms with Gasteiger partial charge in [0.05, 0.1) is 9.72 Å². The summed E-state index contributed by atoms with van der Waals surface area (Å²) in [4.78, 5) is 0. The topological polar surface area (TPSA) is 0 Å². The molecule has 0 bridgehead atoms. The number of halogens is 3. The van der Waals surface area contributed by atoms with Gasteiger partial charge < -0.3 is 0 Å². The highest BCUT2D eigenvalue weighted by Crippen LogP contribution is 2.37. The van der Waals surface area contributed by atoms with Crippen LogP contribution in [0.5, 0.6) is 0 Å². The average molecular weight is 296 g/mol. The van der Waals surface area contributed by atoms with Crippen LogP contribution in [0.15, 0.2) is 22.0 Å². The van der Waals surface area contributed by atoms with Gasteiger partial charge in [-0.2, -0.15) is 0 Å². The summed E-state index contributed by atoms with van der Waals surface area (Å²) in [6, 6.07) is 4.03. The maximum Gasteiger partial charge on any atom is 0.0726 e. The van der Waals surface area contributed by atoms with E-state index in [1.807, 2.05) is 11.4 Å². The second-order valence-corrected chi connectivity index (χ2v) is 5.04. The van der Waals surface area contributed by atoms with Gasteiger partial charge in [0.1, 0.15) is 0 Å². The molecule has 0 unspecified atom stereocenters. The van der Waals surface area contributed by atoms with Gasteiger partial charge in [-0.25, -0.2) is 0 Å². The first kappa shape index (κ1) is 9.78. The van der Waals surface area contributed by atoms with Gasteiger partial charge in [-0.1, -0.05) is 11.6 Å². The fourth-order valence-corrected chi connectivity index (χ4v) is 3.24. The molecule has 4 heteroatoms. The lowest BCUT2D eigenvalue weighted by atomic mass is 10.1. The van der Waals surface area contributed by atoms with E-state index in [9.17, 15) is 0 Å². The van der Waals surface area contributed by atoms with Gasteiger partial charge in [-0.05, 0) is 44.4 Å². The number of alkyl halides is 1. The van der Waals surface area contributed by atoms with Gasteiger partial charge in [0, 0.05) is 10.4 Å². The van der Waals surface area contributed by atoms with Gasteiger partial charge in [-0.15, -0.1) is 22.9 Å². The van der Waals surface area contributed by atoms with Crippen LogP contribution in [0.1, 0.15) is 5.56 Å².